The zero-order valence-corrected chi connectivity index (χ0v) is 10.8. The van der Waals surface area contributed by atoms with Crippen molar-refractivity contribution in [1.82, 2.24) is 0 Å². The van der Waals surface area contributed by atoms with Crippen LogP contribution in [0.3, 0.4) is 0 Å². The minimum absolute atomic E-state index is 0.0574. The summed E-state index contributed by atoms with van der Waals surface area (Å²) in [5.41, 5.74) is 0.879. The fraction of sp³-hybridized carbons (Fsp3) is 0.417. The van der Waals surface area contributed by atoms with E-state index in [-0.39, 0.29) is 11.7 Å². The Labute approximate surface area is 103 Å². The molecule has 0 aromatic heterocycles. The summed E-state index contributed by atoms with van der Waals surface area (Å²) >= 11 is 3.39. The van der Waals surface area contributed by atoms with Crippen molar-refractivity contribution in [3.05, 3.63) is 22.2 Å². The van der Waals surface area contributed by atoms with E-state index in [9.17, 15) is 4.79 Å². The Balaban J connectivity index is 2.51. The first kappa shape index (κ1) is 11.5. The van der Waals surface area contributed by atoms with Gasteiger partial charge in [-0.15, -0.1) is 0 Å². The topological polar surface area (TPSA) is 35.5 Å². The number of rotatable bonds is 3. The highest BCUT2D eigenvalue weighted by Crippen LogP contribution is 2.44. The van der Waals surface area contributed by atoms with Crippen molar-refractivity contribution in [1.29, 1.82) is 0 Å². The molecule has 2 rings (SSSR count). The summed E-state index contributed by atoms with van der Waals surface area (Å²) < 4.78 is 11.5. The van der Waals surface area contributed by atoms with Gasteiger partial charge >= 0.3 is 0 Å². The Kier molecular flexibility index (Phi) is 3.19. The number of hydrogen-bond acceptors (Lipinski definition) is 3. The third kappa shape index (κ3) is 1.82. The smallest absolute Gasteiger partial charge is 0.140 e. The van der Waals surface area contributed by atoms with E-state index < -0.39 is 0 Å². The molecule has 0 saturated heterocycles. The number of ketones is 1. The predicted octanol–water partition coefficient (Wildman–Crippen LogP) is 2.91. The molecule has 0 amide bonds. The molecule has 0 N–H and O–H groups in total. The minimum Gasteiger partial charge on any atom is -0.496 e. The van der Waals surface area contributed by atoms with Crippen LogP contribution in [0.1, 0.15) is 24.3 Å². The van der Waals surface area contributed by atoms with Gasteiger partial charge in [0.25, 0.3) is 0 Å². The van der Waals surface area contributed by atoms with Crippen LogP contribution in [-0.4, -0.2) is 20.0 Å². The monoisotopic (exact) mass is 284 g/mol. The van der Waals surface area contributed by atoms with Gasteiger partial charge in [-0.3, -0.25) is 4.79 Å². The lowest BCUT2D eigenvalue weighted by Crippen LogP contribution is -2.24. The van der Waals surface area contributed by atoms with Crippen LogP contribution >= 0.6 is 15.9 Å². The van der Waals surface area contributed by atoms with Crippen LogP contribution in [0, 0.1) is 0 Å². The first-order valence-electron chi connectivity index (χ1n) is 5.11. The summed E-state index contributed by atoms with van der Waals surface area (Å²) in [5.74, 6) is 1.63. The van der Waals surface area contributed by atoms with Crippen molar-refractivity contribution in [2.45, 2.75) is 18.8 Å². The molecular formula is C12H13BrO3. The molecule has 4 heteroatoms. The summed E-state index contributed by atoms with van der Waals surface area (Å²) in [4.78, 5) is 11.5. The molecule has 1 atom stereocenters. The third-order valence-electron chi connectivity index (χ3n) is 2.93. The van der Waals surface area contributed by atoms with Crippen LogP contribution in [0.25, 0.3) is 0 Å². The lowest BCUT2D eigenvalue weighted by atomic mass is 9.78. The lowest BCUT2D eigenvalue weighted by Gasteiger charge is -2.27. The second-order valence-corrected chi connectivity index (χ2v) is 4.70. The van der Waals surface area contributed by atoms with Crippen LogP contribution in [-0.2, 0) is 4.79 Å². The van der Waals surface area contributed by atoms with Gasteiger partial charge in [-0.2, -0.15) is 0 Å². The molecule has 1 aliphatic carbocycles. The quantitative estimate of drug-likeness (QED) is 0.856. The maximum atomic E-state index is 11.5. The van der Waals surface area contributed by atoms with E-state index >= 15 is 0 Å². The molecule has 16 heavy (non-hydrogen) atoms. The van der Waals surface area contributed by atoms with Gasteiger partial charge < -0.3 is 9.47 Å². The normalized spacial score (nSPS) is 19.2. The van der Waals surface area contributed by atoms with Gasteiger partial charge in [0.05, 0.1) is 20.1 Å². The fourth-order valence-electron chi connectivity index (χ4n) is 1.96. The molecule has 1 fully saturated rings. The van der Waals surface area contributed by atoms with E-state index in [0.29, 0.717) is 17.9 Å². The van der Waals surface area contributed by atoms with Crippen molar-refractivity contribution in [3.63, 3.8) is 0 Å². The Morgan fingerprint density at radius 3 is 2.12 bits per heavy atom. The second kappa shape index (κ2) is 4.45. The number of Topliss-reactive ketones (excluding diaryl/α,β-unsaturated/α-hetero) is 1. The summed E-state index contributed by atoms with van der Waals surface area (Å²) in [6, 6.07) is 3.73. The van der Waals surface area contributed by atoms with E-state index in [0.717, 1.165) is 16.5 Å². The van der Waals surface area contributed by atoms with Crippen LogP contribution < -0.4 is 9.47 Å². The standard InChI is InChI=1S/C12H13BrO3/c1-15-10-5-7(13)6-11(16-2)12(10)8-3-4-9(8)14/h5-6,8H,3-4H2,1-2H3. The number of carbonyl (C=O) groups excluding carboxylic acids is 1. The third-order valence-corrected chi connectivity index (χ3v) is 3.38. The van der Waals surface area contributed by atoms with Crippen molar-refractivity contribution in [2.75, 3.05) is 14.2 Å². The number of carbonyl (C=O) groups is 1. The first-order chi connectivity index (χ1) is 7.67. The minimum atomic E-state index is -0.0574. The van der Waals surface area contributed by atoms with Gasteiger partial charge in [0.2, 0.25) is 0 Å². The van der Waals surface area contributed by atoms with Gasteiger partial charge in [-0.25, -0.2) is 0 Å². The van der Waals surface area contributed by atoms with Crippen LogP contribution in [0.4, 0.5) is 0 Å². The van der Waals surface area contributed by atoms with Gasteiger partial charge in [0.15, 0.2) is 0 Å². The maximum Gasteiger partial charge on any atom is 0.140 e. The Morgan fingerprint density at radius 1 is 1.25 bits per heavy atom. The maximum absolute atomic E-state index is 11.5. The van der Waals surface area contributed by atoms with E-state index in [4.69, 9.17) is 9.47 Å². The van der Waals surface area contributed by atoms with Crippen molar-refractivity contribution in [3.8, 4) is 11.5 Å². The predicted molar refractivity (Wildman–Crippen MR) is 64.2 cm³/mol. The van der Waals surface area contributed by atoms with Crippen LogP contribution in [0.15, 0.2) is 16.6 Å². The molecule has 0 bridgehead atoms. The summed E-state index contributed by atoms with van der Waals surface area (Å²) in [5, 5.41) is 0. The van der Waals surface area contributed by atoms with Crippen molar-refractivity contribution in [2.24, 2.45) is 0 Å². The molecule has 1 saturated carbocycles. The first-order valence-corrected chi connectivity index (χ1v) is 5.90. The van der Waals surface area contributed by atoms with Gasteiger partial charge in [0, 0.05) is 16.5 Å². The second-order valence-electron chi connectivity index (χ2n) is 3.78. The Bertz CT molecular complexity index is 403. The zero-order valence-electron chi connectivity index (χ0n) is 9.25. The van der Waals surface area contributed by atoms with Gasteiger partial charge in [-0.05, 0) is 18.6 Å². The highest BCUT2D eigenvalue weighted by Gasteiger charge is 2.34. The molecule has 0 aliphatic heterocycles. The van der Waals surface area contributed by atoms with Crippen molar-refractivity contribution < 1.29 is 14.3 Å². The summed E-state index contributed by atoms with van der Waals surface area (Å²) in [6.07, 6.45) is 1.54. The summed E-state index contributed by atoms with van der Waals surface area (Å²) in [6.45, 7) is 0. The molecular weight excluding hydrogens is 272 g/mol. The Hall–Kier alpha value is -1.03. The highest BCUT2D eigenvalue weighted by molar-refractivity contribution is 9.10. The largest absolute Gasteiger partial charge is 0.496 e. The lowest BCUT2D eigenvalue weighted by molar-refractivity contribution is -0.125. The number of methoxy groups -OCH3 is 2. The Morgan fingerprint density at radius 2 is 1.81 bits per heavy atom. The molecule has 1 aliphatic rings. The highest BCUT2D eigenvalue weighted by atomic mass is 79.9. The number of hydrogen-bond donors (Lipinski definition) is 0. The number of benzene rings is 1. The molecule has 86 valence electrons. The molecule has 1 aromatic rings. The number of ether oxygens (including phenoxy) is 2. The van der Waals surface area contributed by atoms with Crippen molar-refractivity contribution >= 4 is 21.7 Å². The van der Waals surface area contributed by atoms with Gasteiger partial charge in [-0.1, -0.05) is 15.9 Å². The number of halogens is 1. The molecule has 3 nitrogen and oxygen atoms in total. The molecule has 1 aromatic carbocycles. The average Bonchev–Trinajstić information content (AvgIpc) is 2.28. The van der Waals surface area contributed by atoms with Crippen LogP contribution in [0.2, 0.25) is 0 Å². The molecule has 0 spiro atoms. The molecule has 0 heterocycles. The van der Waals surface area contributed by atoms with E-state index in [1.165, 1.54) is 0 Å². The summed E-state index contributed by atoms with van der Waals surface area (Å²) in [7, 11) is 3.21. The molecule has 0 radical (unpaired) electrons. The average molecular weight is 285 g/mol. The van der Waals surface area contributed by atoms with E-state index in [1.807, 2.05) is 12.1 Å². The zero-order chi connectivity index (χ0) is 11.7. The van der Waals surface area contributed by atoms with E-state index in [1.54, 1.807) is 14.2 Å². The van der Waals surface area contributed by atoms with Crippen LogP contribution in [0.5, 0.6) is 11.5 Å². The molecule has 1 unspecified atom stereocenters. The van der Waals surface area contributed by atoms with Gasteiger partial charge in [0.1, 0.15) is 17.3 Å². The SMILES string of the molecule is COc1cc(Br)cc(OC)c1C1CCC1=O. The van der Waals surface area contributed by atoms with E-state index in [2.05, 4.69) is 15.9 Å². The fourth-order valence-corrected chi connectivity index (χ4v) is 2.38.